The highest BCUT2D eigenvalue weighted by Crippen LogP contribution is 2.34. The van der Waals surface area contributed by atoms with E-state index >= 15 is 0 Å². The van der Waals surface area contributed by atoms with Crippen molar-refractivity contribution < 1.29 is 9.53 Å². The fraction of sp³-hybridized carbons (Fsp3) is 0.481. The van der Waals surface area contributed by atoms with Gasteiger partial charge in [0.2, 0.25) is 0 Å². The third-order valence-electron chi connectivity index (χ3n) is 6.42. The molecule has 0 bridgehead atoms. The molecule has 4 rings (SSSR count). The topological polar surface area (TPSA) is 80.6 Å². The molecule has 3 aromatic rings. The molecule has 1 aromatic carbocycles. The quantitative estimate of drug-likeness (QED) is 0.377. The van der Waals surface area contributed by atoms with Crippen LogP contribution in [-0.4, -0.2) is 56.8 Å². The average molecular weight is 546 g/mol. The van der Waals surface area contributed by atoms with E-state index < -0.39 is 11.3 Å². The summed E-state index contributed by atoms with van der Waals surface area (Å²) in [5.74, 6) is 0.596. The smallest absolute Gasteiger partial charge is 0.410 e. The van der Waals surface area contributed by atoms with Gasteiger partial charge < -0.3 is 14.5 Å². The fourth-order valence-corrected chi connectivity index (χ4v) is 5.01. The normalized spacial score (nSPS) is 16.5. The zero-order valence-electron chi connectivity index (χ0n) is 22.3. The van der Waals surface area contributed by atoms with Crippen molar-refractivity contribution in [2.24, 2.45) is 0 Å². The Balaban J connectivity index is 1.85. The first kappa shape index (κ1) is 27.2. The first-order valence-corrected chi connectivity index (χ1v) is 13.2. The Hall–Kier alpha value is -2.84. The molecule has 37 heavy (non-hydrogen) atoms. The van der Waals surface area contributed by atoms with E-state index in [9.17, 15) is 9.59 Å². The summed E-state index contributed by atoms with van der Waals surface area (Å²) in [6, 6.07) is 7.50. The Morgan fingerprint density at radius 3 is 2.49 bits per heavy atom. The van der Waals surface area contributed by atoms with Crippen LogP contribution in [0.4, 0.5) is 10.6 Å². The van der Waals surface area contributed by atoms with Crippen LogP contribution >= 0.6 is 23.2 Å². The van der Waals surface area contributed by atoms with Gasteiger partial charge in [0, 0.05) is 25.7 Å². The Bertz CT molecular complexity index is 1410. The molecule has 1 aliphatic rings. The average Bonchev–Trinajstić information content (AvgIpc) is 2.79. The van der Waals surface area contributed by atoms with Crippen molar-refractivity contribution in [2.45, 2.75) is 66.0 Å². The van der Waals surface area contributed by atoms with Crippen molar-refractivity contribution in [1.82, 2.24) is 19.4 Å². The SMILES string of the molecule is Cc1cccc(C(C)C)c1-n1c(=O)nc(N2CCN(C(=O)OC(C)(C)C)C[C@@H]2C)c2nc(Cl)c(Cl)cc21. The number of carbonyl (C=O) groups is 1. The molecule has 0 N–H and O–H groups in total. The second-order valence-electron chi connectivity index (χ2n) is 10.8. The van der Waals surface area contributed by atoms with Gasteiger partial charge in [0.1, 0.15) is 16.3 Å². The van der Waals surface area contributed by atoms with Crippen molar-refractivity contribution in [3.05, 3.63) is 56.1 Å². The minimum atomic E-state index is -0.579. The van der Waals surface area contributed by atoms with E-state index in [0.717, 1.165) is 16.8 Å². The Morgan fingerprint density at radius 1 is 1.16 bits per heavy atom. The number of benzene rings is 1. The van der Waals surface area contributed by atoms with Crippen LogP contribution in [0, 0.1) is 6.92 Å². The van der Waals surface area contributed by atoms with Crippen LogP contribution in [0.1, 0.15) is 58.6 Å². The van der Waals surface area contributed by atoms with Gasteiger partial charge in [0.05, 0.1) is 16.2 Å². The molecule has 0 spiro atoms. The lowest BCUT2D eigenvalue weighted by Crippen LogP contribution is -2.55. The van der Waals surface area contributed by atoms with E-state index in [4.69, 9.17) is 27.9 Å². The first-order chi connectivity index (χ1) is 17.3. The second kappa shape index (κ2) is 10.1. The Kier molecular flexibility index (Phi) is 7.45. The number of aromatic nitrogens is 3. The summed E-state index contributed by atoms with van der Waals surface area (Å²) in [5, 5.41) is 0.387. The third-order valence-corrected chi connectivity index (χ3v) is 7.10. The molecule has 1 amide bonds. The van der Waals surface area contributed by atoms with E-state index in [1.54, 1.807) is 15.5 Å². The van der Waals surface area contributed by atoms with Gasteiger partial charge in [-0.3, -0.25) is 4.57 Å². The Labute approximate surface area is 227 Å². The van der Waals surface area contributed by atoms with Gasteiger partial charge in [-0.1, -0.05) is 55.2 Å². The summed E-state index contributed by atoms with van der Waals surface area (Å²) in [6.45, 7) is 14.9. The van der Waals surface area contributed by atoms with Crippen molar-refractivity contribution >= 4 is 46.1 Å². The van der Waals surface area contributed by atoms with Crippen LogP contribution in [0.15, 0.2) is 29.1 Å². The monoisotopic (exact) mass is 545 g/mol. The summed E-state index contributed by atoms with van der Waals surface area (Å²) < 4.78 is 7.13. The van der Waals surface area contributed by atoms with Gasteiger partial charge in [-0.2, -0.15) is 4.98 Å². The fourth-order valence-electron chi connectivity index (χ4n) is 4.72. The maximum Gasteiger partial charge on any atom is 0.410 e. The highest BCUT2D eigenvalue weighted by molar-refractivity contribution is 6.41. The molecule has 0 unspecified atom stereocenters. The van der Waals surface area contributed by atoms with Crippen LogP contribution < -0.4 is 10.6 Å². The zero-order valence-corrected chi connectivity index (χ0v) is 23.8. The van der Waals surface area contributed by atoms with E-state index in [1.807, 2.05) is 57.7 Å². The van der Waals surface area contributed by atoms with Crippen LogP contribution in [0.25, 0.3) is 16.7 Å². The molecule has 1 fully saturated rings. The molecule has 10 heteroatoms. The number of rotatable bonds is 3. The van der Waals surface area contributed by atoms with E-state index in [1.165, 1.54) is 0 Å². The van der Waals surface area contributed by atoms with Crippen LogP contribution in [-0.2, 0) is 4.74 Å². The Morgan fingerprint density at radius 2 is 1.86 bits per heavy atom. The molecule has 0 saturated carbocycles. The number of amides is 1. The van der Waals surface area contributed by atoms with E-state index in [2.05, 4.69) is 23.8 Å². The molecular formula is C27H33Cl2N5O3. The number of pyridine rings is 1. The van der Waals surface area contributed by atoms with Gasteiger partial charge in [-0.15, -0.1) is 0 Å². The van der Waals surface area contributed by atoms with Crippen LogP contribution in [0.3, 0.4) is 0 Å². The van der Waals surface area contributed by atoms with Crippen LogP contribution in [0.5, 0.6) is 0 Å². The lowest BCUT2D eigenvalue weighted by atomic mass is 9.98. The number of hydrogen-bond donors (Lipinski definition) is 0. The maximum atomic E-state index is 13.7. The number of carbonyl (C=O) groups excluding carboxylic acids is 1. The number of aryl methyl sites for hydroxylation is 1. The lowest BCUT2D eigenvalue weighted by molar-refractivity contribution is 0.0218. The molecule has 8 nitrogen and oxygen atoms in total. The first-order valence-electron chi connectivity index (χ1n) is 12.4. The molecule has 0 aliphatic carbocycles. The molecule has 1 atom stereocenters. The minimum Gasteiger partial charge on any atom is -0.444 e. The zero-order chi connectivity index (χ0) is 27.2. The predicted molar refractivity (Wildman–Crippen MR) is 149 cm³/mol. The number of piperazine rings is 1. The second-order valence-corrected chi connectivity index (χ2v) is 11.6. The lowest BCUT2D eigenvalue weighted by Gasteiger charge is -2.41. The van der Waals surface area contributed by atoms with Crippen molar-refractivity contribution in [3.63, 3.8) is 0 Å². The number of hydrogen-bond acceptors (Lipinski definition) is 6. The van der Waals surface area contributed by atoms with Gasteiger partial charge in [0.15, 0.2) is 5.82 Å². The van der Waals surface area contributed by atoms with E-state index in [0.29, 0.717) is 36.5 Å². The third kappa shape index (κ3) is 5.41. The van der Waals surface area contributed by atoms with Crippen molar-refractivity contribution in [2.75, 3.05) is 24.5 Å². The summed E-state index contributed by atoms with van der Waals surface area (Å²) in [4.78, 5) is 39.1. The van der Waals surface area contributed by atoms with E-state index in [-0.39, 0.29) is 28.2 Å². The van der Waals surface area contributed by atoms with Crippen LogP contribution in [0.2, 0.25) is 10.2 Å². The molecule has 198 valence electrons. The number of ether oxygens (including phenoxy) is 1. The highest BCUT2D eigenvalue weighted by Gasteiger charge is 2.32. The van der Waals surface area contributed by atoms with Crippen molar-refractivity contribution in [1.29, 1.82) is 0 Å². The number of halogens is 2. The van der Waals surface area contributed by atoms with Crippen molar-refractivity contribution in [3.8, 4) is 5.69 Å². The summed E-state index contributed by atoms with van der Waals surface area (Å²) >= 11 is 12.8. The number of fused-ring (bicyclic) bond motifs is 1. The molecule has 1 aliphatic heterocycles. The highest BCUT2D eigenvalue weighted by atomic mass is 35.5. The summed E-state index contributed by atoms with van der Waals surface area (Å²) in [5.41, 5.74) is 2.73. The number of nitrogens with zero attached hydrogens (tertiary/aromatic N) is 5. The molecule has 2 aromatic heterocycles. The largest absolute Gasteiger partial charge is 0.444 e. The molecule has 0 radical (unpaired) electrons. The van der Waals surface area contributed by atoms with Gasteiger partial charge in [-0.05, 0) is 57.7 Å². The molecular weight excluding hydrogens is 513 g/mol. The van der Waals surface area contributed by atoms with Gasteiger partial charge >= 0.3 is 11.8 Å². The number of para-hydroxylation sites is 1. The number of anilines is 1. The predicted octanol–water partition coefficient (Wildman–Crippen LogP) is 5.96. The maximum absolute atomic E-state index is 13.7. The van der Waals surface area contributed by atoms with Gasteiger partial charge in [-0.25, -0.2) is 14.6 Å². The minimum absolute atomic E-state index is 0.135. The summed E-state index contributed by atoms with van der Waals surface area (Å²) in [7, 11) is 0. The standard InChI is InChI=1S/C27H33Cl2N5O3/c1-15(2)18-10-8-9-16(3)22(18)34-20-13-19(28)23(29)30-21(20)24(31-25(34)35)33-12-11-32(14-17(33)4)26(36)37-27(5,6)7/h8-10,13,15,17H,11-12,14H2,1-7H3/t17-/m0/s1. The molecule has 3 heterocycles. The molecule has 1 saturated heterocycles. The van der Waals surface area contributed by atoms with Gasteiger partial charge in [0.25, 0.3) is 0 Å². The summed E-state index contributed by atoms with van der Waals surface area (Å²) in [6.07, 6.45) is -0.360.